The lowest BCUT2D eigenvalue weighted by Crippen LogP contribution is -2.15. The number of carbonyl (C=O) groups is 1. The number of nitrogens with zero attached hydrogens (tertiary/aromatic N) is 2. The second-order valence-electron chi connectivity index (χ2n) is 7.17. The van der Waals surface area contributed by atoms with Crippen molar-refractivity contribution in [2.75, 3.05) is 4.72 Å². The standard InChI is InChI=1S/C23H17BrClN3O4S/c24-19-8-4-3-7-18(19)23(30)27-26-21-13-20(16-5-1-2-6-17(16)22(21)29)28-33(31,32)15-11-9-14(25)10-12-15/h1-4,7-13,28-29H,5-6H2. The van der Waals surface area contributed by atoms with Crippen LogP contribution < -0.4 is 4.72 Å². The number of nitrogens with one attached hydrogen (secondary N) is 1. The van der Waals surface area contributed by atoms with E-state index in [2.05, 4.69) is 30.9 Å². The van der Waals surface area contributed by atoms with Crippen LogP contribution in [-0.2, 0) is 22.9 Å². The average Bonchev–Trinajstić information content (AvgIpc) is 2.80. The zero-order chi connectivity index (χ0) is 23.6. The van der Waals surface area contributed by atoms with E-state index in [4.69, 9.17) is 11.6 Å². The first-order valence-electron chi connectivity index (χ1n) is 9.78. The summed E-state index contributed by atoms with van der Waals surface area (Å²) in [5.74, 6) is -0.754. The maximum Gasteiger partial charge on any atom is 0.296 e. The summed E-state index contributed by atoms with van der Waals surface area (Å²) >= 11 is 9.16. The van der Waals surface area contributed by atoms with Crippen LogP contribution in [0.25, 0.3) is 0 Å². The van der Waals surface area contributed by atoms with Gasteiger partial charge >= 0.3 is 0 Å². The molecule has 1 aliphatic rings. The number of carbonyl (C=O) groups excluding carboxylic acids is 1. The van der Waals surface area contributed by atoms with Crippen LogP contribution >= 0.6 is 27.5 Å². The lowest BCUT2D eigenvalue weighted by Gasteiger charge is -2.19. The van der Waals surface area contributed by atoms with Gasteiger partial charge in [-0.1, -0.05) is 35.9 Å². The van der Waals surface area contributed by atoms with E-state index in [1.54, 1.807) is 24.3 Å². The van der Waals surface area contributed by atoms with Gasteiger partial charge in [-0.25, -0.2) is 8.42 Å². The maximum absolute atomic E-state index is 12.9. The fraction of sp³-hybridized carbons (Fsp3) is 0.0870. The normalized spacial score (nSPS) is 13.2. The van der Waals surface area contributed by atoms with E-state index in [9.17, 15) is 18.3 Å². The minimum atomic E-state index is -3.93. The molecular formula is C23H17BrClN3O4S. The molecule has 2 N–H and O–H groups in total. The molecule has 0 spiro atoms. The number of azo groups is 1. The van der Waals surface area contributed by atoms with Crippen LogP contribution in [0.15, 0.2) is 86.3 Å². The summed E-state index contributed by atoms with van der Waals surface area (Å²) < 4.78 is 29.0. The van der Waals surface area contributed by atoms with Crippen molar-refractivity contribution in [3.8, 4) is 5.75 Å². The summed E-state index contributed by atoms with van der Waals surface area (Å²) in [6, 6.07) is 13.9. The zero-order valence-electron chi connectivity index (χ0n) is 17.0. The highest BCUT2D eigenvalue weighted by Crippen LogP contribution is 2.41. The number of benzene rings is 3. The van der Waals surface area contributed by atoms with Crippen LogP contribution in [0.5, 0.6) is 5.75 Å². The third-order valence-corrected chi connectivity index (χ3v) is 7.36. The third-order valence-electron chi connectivity index (χ3n) is 5.03. The number of halogens is 2. The summed E-state index contributed by atoms with van der Waals surface area (Å²) in [7, 11) is -3.93. The number of amides is 1. The fourth-order valence-electron chi connectivity index (χ4n) is 3.38. The number of sulfonamides is 1. The summed E-state index contributed by atoms with van der Waals surface area (Å²) in [6.07, 6.45) is 4.57. The molecule has 7 nitrogen and oxygen atoms in total. The molecule has 4 rings (SSSR count). The minimum absolute atomic E-state index is 0.0155. The largest absolute Gasteiger partial charge is 0.505 e. The first-order chi connectivity index (χ1) is 15.8. The van der Waals surface area contributed by atoms with Gasteiger partial charge < -0.3 is 5.11 Å². The first kappa shape index (κ1) is 23.2. The summed E-state index contributed by atoms with van der Waals surface area (Å²) in [4.78, 5) is 12.5. The van der Waals surface area contributed by atoms with Crippen molar-refractivity contribution in [2.24, 2.45) is 10.2 Å². The van der Waals surface area contributed by atoms with Crippen molar-refractivity contribution < 1.29 is 18.3 Å². The molecule has 1 aliphatic carbocycles. The van der Waals surface area contributed by atoms with Crippen LogP contribution in [0.3, 0.4) is 0 Å². The van der Waals surface area contributed by atoms with Crippen molar-refractivity contribution in [3.63, 3.8) is 0 Å². The number of fused-ring (bicyclic) bond motifs is 1. The van der Waals surface area contributed by atoms with Crippen molar-refractivity contribution in [3.05, 3.63) is 92.9 Å². The molecule has 0 atom stereocenters. The molecule has 0 saturated carbocycles. The zero-order valence-corrected chi connectivity index (χ0v) is 20.2. The highest BCUT2D eigenvalue weighted by Gasteiger charge is 2.23. The van der Waals surface area contributed by atoms with Crippen LogP contribution in [0.2, 0.25) is 5.02 Å². The fourth-order valence-corrected chi connectivity index (χ4v) is 5.04. The van der Waals surface area contributed by atoms with Gasteiger partial charge in [-0.05, 0) is 76.8 Å². The Kier molecular flexibility index (Phi) is 6.64. The maximum atomic E-state index is 12.9. The molecule has 3 aromatic rings. The molecule has 0 heterocycles. The summed E-state index contributed by atoms with van der Waals surface area (Å²) in [6.45, 7) is 0. The number of aromatic hydroxyl groups is 1. The van der Waals surface area contributed by atoms with Gasteiger partial charge in [-0.15, -0.1) is 10.2 Å². The third kappa shape index (κ3) is 5.00. The Morgan fingerprint density at radius 2 is 1.70 bits per heavy atom. The van der Waals surface area contributed by atoms with Gasteiger partial charge in [0.25, 0.3) is 15.9 Å². The SMILES string of the molecule is O=C(N=Nc1cc(NS(=O)(=O)c2ccc(Cl)cc2)c2c(c1O)CC=CC2)c1ccccc1Br. The topological polar surface area (TPSA) is 108 Å². The molecular weight excluding hydrogens is 530 g/mol. The minimum Gasteiger partial charge on any atom is -0.505 e. The quantitative estimate of drug-likeness (QED) is 0.226. The van der Waals surface area contributed by atoms with Crippen LogP contribution in [0.1, 0.15) is 21.5 Å². The molecule has 1 amide bonds. The second-order valence-corrected chi connectivity index (χ2v) is 10.1. The van der Waals surface area contributed by atoms with E-state index in [0.29, 0.717) is 39.0 Å². The smallest absolute Gasteiger partial charge is 0.296 e. The Balaban J connectivity index is 1.73. The van der Waals surface area contributed by atoms with Crippen molar-refractivity contribution in [1.29, 1.82) is 0 Å². The van der Waals surface area contributed by atoms with E-state index in [1.807, 2.05) is 12.2 Å². The Morgan fingerprint density at radius 1 is 1.03 bits per heavy atom. The molecule has 0 bridgehead atoms. The summed E-state index contributed by atoms with van der Waals surface area (Å²) in [5.41, 5.74) is 1.70. The summed E-state index contributed by atoms with van der Waals surface area (Å²) in [5, 5.41) is 18.8. The molecule has 168 valence electrons. The predicted molar refractivity (Wildman–Crippen MR) is 130 cm³/mol. The van der Waals surface area contributed by atoms with E-state index >= 15 is 0 Å². The van der Waals surface area contributed by atoms with Gasteiger partial charge in [0.15, 0.2) is 0 Å². The molecule has 0 fully saturated rings. The number of phenols is 1. The van der Waals surface area contributed by atoms with Gasteiger partial charge in [0.05, 0.1) is 16.1 Å². The van der Waals surface area contributed by atoms with E-state index in [0.717, 1.165) is 0 Å². The first-order valence-corrected chi connectivity index (χ1v) is 12.4. The molecule has 33 heavy (non-hydrogen) atoms. The Bertz CT molecular complexity index is 1400. The van der Waals surface area contributed by atoms with Crippen molar-refractivity contribution >= 4 is 54.8 Å². The van der Waals surface area contributed by atoms with Crippen LogP contribution in [-0.4, -0.2) is 19.4 Å². The molecule has 0 aliphatic heterocycles. The highest BCUT2D eigenvalue weighted by atomic mass is 79.9. The van der Waals surface area contributed by atoms with Crippen LogP contribution in [0, 0.1) is 0 Å². The molecule has 0 unspecified atom stereocenters. The molecule has 0 saturated heterocycles. The lowest BCUT2D eigenvalue weighted by molar-refractivity contribution is 0.0994. The number of hydrogen-bond acceptors (Lipinski definition) is 5. The van der Waals surface area contributed by atoms with Gasteiger partial charge in [0, 0.05) is 15.1 Å². The van der Waals surface area contributed by atoms with Gasteiger partial charge in [0.2, 0.25) is 0 Å². The Hall–Kier alpha value is -3.01. The molecule has 0 radical (unpaired) electrons. The number of allylic oxidation sites excluding steroid dienone is 2. The van der Waals surface area contributed by atoms with Crippen LogP contribution in [0.4, 0.5) is 11.4 Å². The van der Waals surface area contributed by atoms with Gasteiger partial charge in [-0.2, -0.15) is 0 Å². The monoisotopic (exact) mass is 545 g/mol. The Labute approximate surface area is 204 Å². The number of rotatable bonds is 5. The number of hydrogen-bond donors (Lipinski definition) is 2. The van der Waals surface area contributed by atoms with E-state index in [-0.39, 0.29) is 22.0 Å². The predicted octanol–water partition coefficient (Wildman–Crippen LogP) is 6.19. The average molecular weight is 547 g/mol. The second kappa shape index (κ2) is 9.46. The van der Waals surface area contributed by atoms with E-state index in [1.165, 1.54) is 30.3 Å². The van der Waals surface area contributed by atoms with Gasteiger partial charge in [-0.3, -0.25) is 9.52 Å². The Morgan fingerprint density at radius 3 is 2.39 bits per heavy atom. The molecule has 10 heteroatoms. The lowest BCUT2D eigenvalue weighted by atomic mass is 9.93. The van der Waals surface area contributed by atoms with Crippen molar-refractivity contribution in [2.45, 2.75) is 17.7 Å². The number of anilines is 1. The highest BCUT2D eigenvalue weighted by molar-refractivity contribution is 9.10. The van der Waals surface area contributed by atoms with Crippen molar-refractivity contribution in [1.82, 2.24) is 0 Å². The molecule has 3 aromatic carbocycles. The van der Waals surface area contributed by atoms with E-state index < -0.39 is 15.9 Å². The molecule has 0 aromatic heterocycles. The van der Waals surface area contributed by atoms with Gasteiger partial charge in [0.1, 0.15) is 11.4 Å². The number of phenolic OH excluding ortho intramolecular Hbond substituents is 1.